The first kappa shape index (κ1) is 17.7. The van der Waals surface area contributed by atoms with Crippen molar-refractivity contribution in [3.63, 3.8) is 0 Å². The number of hydrogen-bond donors (Lipinski definition) is 1. The molecule has 0 aromatic carbocycles. The molecule has 3 heterocycles. The number of carbonyl (C=O) groups excluding carboxylic acids is 1. The van der Waals surface area contributed by atoms with Crippen LogP contribution in [-0.2, 0) is 9.63 Å². The van der Waals surface area contributed by atoms with E-state index in [1.54, 1.807) is 0 Å². The zero-order chi connectivity index (χ0) is 17.1. The molecule has 1 amide bonds. The molecule has 3 rings (SSSR count). The first-order valence-electron chi connectivity index (χ1n) is 8.49. The van der Waals surface area contributed by atoms with Crippen molar-refractivity contribution in [3.05, 3.63) is 21.3 Å². The number of carbonyl (C=O) groups is 1. The summed E-state index contributed by atoms with van der Waals surface area (Å²) < 4.78 is 0.714. The highest BCUT2D eigenvalue weighted by atomic mass is 35.5. The maximum Gasteiger partial charge on any atom is 0.264 e. The molecule has 1 aromatic rings. The fraction of sp³-hybridized carbons (Fsp3) is 0.647. The zero-order valence-electron chi connectivity index (χ0n) is 14.1. The van der Waals surface area contributed by atoms with E-state index in [0.29, 0.717) is 17.3 Å². The van der Waals surface area contributed by atoms with Crippen LogP contribution in [0.2, 0.25) is 4.34 Å². The van der Waals surface area contributed by atoms with Gasteiger partial charge in [0.1, 0.15) is 5.71 Å². The Hall–Kier alpha value is -1.11. The third-order valence-corrected chi connectivity index (χ3v) is 5.77. The summed E-state index contributed by atoms with van der Waals surface area (Å²) in [6.45, 7) is 8.37. The Balaban J connectivity index is 1.40. The lowest BCUT2D eigenvalue weighted by atomic mass is 9.92. The van der Waals surface area contributed by atoms with Crippen LogP contribution in [0.4, 0.5) is 0 Å². The number of hydrogen-bond acceptors (Lipinski definition) is 5. The molecule has 5 nitrogen and oxygen atoms in total. The number of halogens is 1. The van der Waals surface area contributed by atoms with Crippen LogP contribution >= 0.6 is 22.9 Å². The molecule has 1 aromatic heterocycles. The normalized spacial score (nSPS) is 27.6. The topological polar surface area (TPSA) is 53.9 Å². The van der Waals surface area contributed by atoms with E-state index in [4.69, 9.17) is 16.4 Å². The van der Waals surface area contributed by atoms with Crippen molar-refractivity contribution in [2.24, 2.45) is 17.0 Å². The predicted molar refractivity (Wildman–Crippen MR) is 97.8 cm³/mol. The van der Waals surface area contributed by atoms with Crippen LogP contribution in [0.15, 0.2) is 17.3 Å². The first-order chi connectivity index (χ1) is 11.5. The van der Waals surface area contributed by atoms with E-state index >= 15 is 0 Å². The minimum absolute atomic E-state index is 0.0884. The predicted octanol–water partition coefficient (Wildman–Crippen LogP) is 2.99. The number of piperidine rings is 1. The molecule has 0 aliphatic carbocycles. The molecule has 0 saturated carbocycles. The van der Waals surface area contributed by atoms with Crippen molar-refractivity contribution in [2.45, 2.75) is 32.8 Å². The van der Waals surface area contributed by atoms with Crippen LogP contribution in [0.1, 0.15) is 31.6 Å². The maximum absolute atomic E-state index is 12.2. The molecule has 1 saturated heterocycles. The van der Waals surface area contributed by atoms with Gasteiger partial charge in [-0.25, -0.2) is 0 Å². The van der Waals surface area contributed by atoms with E-state index in [0.717, 1.165) is 42.1 Å². The molecule has 7 heteroatoms. The fourth-order valence-electron chi connectivity index (χ4n) is 3.56. The third kappa shape index (κ3) is 4.49. The Kier molecular flexibility index (Phi) is 5.79. The molecular formula is C17H24ClN3O2S. The molecule has 132 valence electrons. The molecule has 1 fully saturated rings. The summed E-state index contributed by atoms with van der Waals surface area (Å²) in [6, 6.07) is 3.74. The van der Waals surface area contributed by atoms with Gasteiger partial charge < -0.3 is 15.1 Å². The van der Waals surface area contributed by atoms with Gasteiger partial charge in [-0.05, 0) is 30.4 Å². The van der Waals surface area contributed by atoms with E-state index in [1.165, 1.54) is 17.8 Å². The van der Waals surface area contributed by atoms with Crippen LogP contribution < -0.4 is 5.32 Å². The number of nitrogens with one attached hydrogen (secondary N) is 1. The minimum atomic E-state index is -0.528. The monoisotopic (exact) mass is 369 g/mol. The van der Waals surface area contributed by atoms with Crippen molar-refractivity contribution >= 4 is 34.6 Å². The van der Waals surface area contributed by atoms with Crippen LogP contribution in [-0.4, -0.2) is 48.8 Å². The standard InChI is InChI=1S/C17H24ClN3O2S/c1-11-7-12(2)10-21(9-11)6-5-19-17(22)14-8-13(20-23-14)15-3-4-16(18)24-15/h3-4,11-12,14H,5-10H2,1-2H3,(H,19,22)/t11-,12+,14-/m1/s1. The number of rotatable bonds is 5. The average molecular weight is 370 g/mol. The number of likely N-dealkylation sites (tertiary alicyclic amines) is 1. The Morgan fingerprint density at radius 3 is 2.83 bits per heavy atom. The minimum Gasteiger partial charge on any atom is -0.382 e. The van der Waals surface area contributed by atoms with Gasteiger partial charge in [-0.15, -0.1) is 11.3 Å². The summed E-state index contributed by atoms with van der Waals surface area (Å²) in [7, 11) is 0. The highest BCUT2D eigenvalue weighted by Crippen LogP contribution is 2.26. The summed E-state index contributed by atoms with van der Waals surface area (Å²) in [5.41, 5.74) is 0.797. The lowest BCUT2D eigenvalue weighted by Gasteiger charge is -2.34. The smallest absolute Gasteiger partial charge is 0.264 e. The molecule has 2 aliphatic heterocycles. The molecule has 0 radical (unpaired) electrons. The second-order valence-electron chi connectivity index (χ2n) is 6.94. The fourth-order valence-corrected chi connectivity index (χ4v) is 4.59. The quantitative estimate of drug-likeness (QED) is 0.868. The second kappa shape index (κ2) is 7.85. The van der Waals surface area contributed by atoms with Crippen LogP contribution in [0.3, 0.4) is 0 Å². The summed E-state index contributed by atoms with van der Waals surface area (Å²) in [5, 5.41) is 7.01. The maximum atomic E-state index is 12.2. The average Bonchev–Trinajstić information content (AvgIpc) is 3.14. The Labute approximate surface area is 152 Å². The second-order valence-corrected chi connectivity index (χ2v) is 8.65. The van der Waals surface area contributed by atoms with E-state index in [9.17, 15) is 4.79 Å². The molecule has 24 heavy (non-hydrogen) atoms. The van der Waals surface area contributed by atoms with Crippen LogP contribution in [0.5, 0.6) is 0 Å². The van der Waals surface area contributed by atoms with E-state index in [2.05, 4.69) is 29.2 Å². The lowest BCUT2D eigenvalue weighted by Crippen LogP contribution is -2.44. The highest BCUT2D eigenvalue weighted by molar-refractivity contribution is 7.18. The highest BCUT2D eigenvalue weighted by Gasteiger charge is 2.29. The summed E-state index contributed by atoms with van der Waals surface area (Å²) in [5.74, 6) is 1.38. The van der Waals surface area contributed by atoms with E-state index < -0.39 is 6.10 Å². The zero-order valence-corrected chi connectivity index (χ0v) is 15.7. The number of nitrogens with zero attached hydrogens (tertiary/aromatic N) is 2. The van der Waals surface area contributed by atoms with Gasteiger partial charge in [0.25, 0.3) is 5.91 Å². The van der Waals surface area contributed by atoms with Gasteiger partial charge in [-0.1, -0.05) is 30.6 Å². The summed E-state index contributed by atoms with van der Waals surface area (Å²) in [4.78, 5) is 20.9. The Morgan fingerprint density at radius 1 is 1.42 bits per heavy atom. The molecular weight excluding hydrogens is 346 g/mol. The number of thiophene rings is 1. The van der Waals surface area contributed by atoms with Crippen molar-refractivity contribution in [2.75, 3.05) is 26.2 Å². The van der Waals surface area contributed by atoms with Crippen molar-refractivity contribution in [1.29, 1.82) is 0 Å². The lowest BCUT2D eigenvalue weighted by molar-refractivity contribution is -0.131. The Bertz CT molecular complexity index is 609. The summed E-state index contributed by atoms with van der Waals surface area (Å²) in [6.07, 6.45) is 1.27. The molecule has 1 N–H and O–H groups in total. The van der Waals surface area contributed by atoms with Gasteiger partial charge >= 0.3 is 0 Å². The third-order valence-electron chi connectivity index (χ3n) is 4.49. The molecule has 0 bridgehead atoms. The molecule has 0 unspecified atom stereocenters. The van der Waals surface area contributed by atoms with Gasteiger partial charge in [0.15, 0.2) is 0 Å². The van der Waals surface area contributed by atoms with E-state index in [1.807, 2.05) is 12.1 Å². The van der Waals surface area contributed by atoms with Crippen molar-refractivity contribution < 1.29 is 9.63 Å². The SMILES string of the molecule is C[C@@H]1C[C@H](C)CN(CCNC(=O)[C@H]2CC(c3ccc(Cl)s3)=NO2)C1. The van der Waals surface area contributed by atoms with Gasteiger partial charge in [0.2, 0.25) is 6.10 Å². The number of amides is 1. The van der Waals surface area contributed by atoms with Gasteiger partial charge in [-0.2, -0.15) is 0 Å². The van der Waals surface area contributed by atoms with Gasteiger partial charge in [0, 0.05) is 32.6 Å². The summed E-state index contributed by atoms with van der Waals surface area (Å²) >= 11 is 7.39. The Morgan fingerprint density at radius 2 is 2.17 bits per heavy atom. The van der Waals surface area contributed by atoms with Gasteiger partial charge in [0.05, 0.1) is 9.21 Å². The largest absolute Gasteiger partial charge is 0.382 e. The molecule has 3 atom stereocenters. The number of oxime groups is 1. The van der Waals surface area contributed by atoms with Crippen molar-refractivity contribution in [1.82, 2.24) is 10.2 Å². The first-order valence-corrected chi connectivity index (χ1v) is 9.69. The molecule has 0 spiro atoms. The molecule has 2 aliphatic rings. The van der Waals surface area contributed by atoms with E-state index in [-0.39, 0.29) is 5.91 Å². The van der Waals surface area contributed by atoms with Crippen LogP contribution in [0, 0.1) is 11.8 Å². The van der Waals surface area contributed by atoms with Crippen molar-refractivity contribution in [3.8, 4) is 0 Å². The van der Waals surface area contributed by atoms with Gasteiger partial charge in [-0.3, -0.25) is 4.79 Å². The van der Waals surface area contributed by atoms with Crippen LogP contribution in [0.25, 0.3) is 0 Å².